The molecule has 0 aromatic heterocycles. The zero-order valence-electron chi connectivity index (χ0n) is 32.8. The maximum Gasteiger partial charge on any atom is 0.204 e. The molecule has 3 aliphatic rings. The number of hydrogen-bond acceptors (Lipinski definition) is 12. The number of nitrogens with zero attached hydrogens (tertiary/aromatic N) is 2. The zero-order chi connectivity index (χ0) is 38.4. The summed E-state index contributed by atoms with van der Waals surface area (Å²) in [6.07, 6.45) is 2.82. The molecule has 12 heteroatoms. The van der Waals surface area contributed by atoms with E-state index in [0.717, 1.165) is 70.6 Å². The quantitative estimate of drug-likeness (QED) is 0.165. The average molecular weight is 743 g/mol. The Morgan fingerprint density at radius 2 is 1.20 bits per heavy atom. The molecule has 0 saturated carbocycles. The van der Waals surface area contributed by atoms with Gasteiger partial charge < -0.3 is 47.7 Å². The number of hydrogen-bond donors (Lipinski definition) is 1. The largest absolute Gasteiger partial charge is 0.504 e. The first-order chi connectivity index (χ1) is 26.2. The molecule has 4 aromatic rings. The lowest BCUT2D eigenvalue weighted by Gasteiger charge is -2.41. The summed E-state index contributed by atoms with van der Waals surface area (Å²) in [5, 5.41) is 11.2. The number of phenolic OH excluding ortho intramolecular Hbond substituents is 1. The first-order valence-corrected chi connectivity index (χ1v) is 18.0. The van der Waals surface area contributed by atoms with Gasteiger partial charge >= 0.3 is 0 Å². The van der Waals surface area contributed by atoms with E-state index in [1.165, 1.54) is 12.7 Å². The number of benzene rings is 4. The Balaban J connectivity index is 1.32. The highest BCUT2D eigenvalue weighted by Gasteiger charge is 2.40. The van der Waals surface area contributed by atoms with Crippen LogP contribution in [-0.2, 0) is 25.7 Å². The number of ether oxygens (including phenoxy) is 9. The van der Waals surface area contributed by atoms with Gasteiger partial charge in [0, 0.05) is 47.9 Å². The molecule has 288 valence electrons. The summed E-state index contributed by atoms with van der Waals surface area (Å²) in [7, 11) is 17.2. The Morgan fingerprint density at radius 3 is 1.85 bits per heavy atom. The fourth-order valence-corrected chi connectivity index (χ4v) is 8.64. The van der Waals surface area contributed by atoms with E-state index in [1.54, 1.807) is 49.8 Å². The second kappa shape index (κ2) is 14.9. The standard InChI is InChI=1S/C42H50N2O10/c1-43-13-11-24-27(20-35(49-6)40(51-8)38(24)45)28(43)16-23-18-34(32(48-5)21-30(23)46-3)54-33-17-22-15-29-36-25(12-14-44(29)2)39(50-7)42(53-10)41(52-9)37(36)26(22)19-31(33)47-4/h17-21,28-29,45H,11-16H2,1-10H3/t28-,29+/m1/s1. The number of methoxy groups -OCH3 is 8. The van der Waals surface area contributed by atoms with E-state index < -0.39 is 0 Å². The summed E-state index contributed by atoms with van der Waals surface area (Å²) in [5.41, 5.74) is 8.13. The summed E-state index contributed by atoms with van der Waals surface area (Å²) < 4.78 is 53.6. The highest BCUT2D eigenvalue weighted by Crippen LogP contribution is 2.58. The number of likely N-dealkylation sites (N-methyl/N-ethyl adjacent to an activating group) is 2. The number of rotatable bonds is 12. The highest BCUT2D eigenvalue weighted by atomic mass is 16.5. The number of aromatic hydroxyl groups is 1. The topological polar surface area (TPSA) is 110 Å². The summed E-state index contributed by atoms with van der Waals surface area (Å²) in [6.45, 7) is 1.63. The molecule has 0 radical (unpaired) electrons. The van der Waals surface area contributed by atoms with Crippen LogP contribution in [0.5, 0.6) is 63.2 Å². The van der Waals surface area contributed by atoms with Crippen LogP contribution in [0.15, 0.2) is 30.3 Å². The van der Waals surface area contributed by atoms with E-state index in [4.69, 9.17) is 42.6 Å². The van der Waals surface area contributed by atoms with Gasteiger partial charge in [0.25, 0.3) is 0 Å². The molecular formula is C42H50N2O10. The smallest absolute Gasteiger partial charge is 0.204 e. The Kier molecular flexibility index (Phi) is 10.3. The molecule has 0 fully saturated rings. The van der Waals surface area contributed by atoms with Gasteiger partial charge in [-0.2, -0.15) is 0 Å². The van der Waals surface area contributed by atoms with Gasteiger partial charge in [0.1, 0.15) is 5.75 Å². The fraction of sp³-hybridized carbons (Fsp3) is 0.429. The Bertz CT molecular complexity index is 2080. The molecule has 0 saturated heterocycles. The molecule has 1 N–H and O–H groups in total. The van der Waals surface area contributed by atoms with Crippen LogP contribution in [0, 0.1) is 0 Å². The summed E-state index contributed by atoms with van der Waals surface area (Å²) >= 11 is 0. The average Bonchev–Trinajstić information content (AvgIpc) is 3.19. The Morgan fingerprint density at radius 1 is 0.593 bits per heavy atom. The predicted molar refractivity (Wildman–Crippen MR) is 204 cm³/mol. The van der Waals surface area contributed by atoms with Gasteiger partial charge in [0.15, 0.2) is 46.0 Å². The van der Waals surface area contributed by atoms with Crippen molar-refractivity contribution >= 4 is 0 Å². The monoisotopic (exact) mass is 742 g/mol. The molecule has 1 aliphatic carbocycles. The van der Waals surface area contributed by atoms with Gasteiger partial charge in [-0.1, -0.05) is 0 Å². The maximum absolute atomic E-state index is 11.2. The molecule has 2 aliphatic heterocycles. The van der Waals surface area contributed by atoms with Crippen LogP contribution in [0.2, 0.25) is 0 Å². The van der Waals surface area contributed by atoms with Crippen LogP contribution in [-0.4, -0.2) is 99.0 Å². The second-order valence-electron chi connectivity index (χ2n) is 13.9. The minimum absolute atomic E-state index is 0.0988. The molecule has 12 nitrogen and oxygen atoms in total. The molecule has 2 heterocycles. The van der Waals surface area contributed by atoms with E-state index in [2.05, 4.69) is 30.0 Å². The van der Waals surface area contributed by atoms with Crippen molar-refractivity contribution in [2.24, 2.45) is 0 Å². The van der Waals surface area contributed by atoms with E-state index in [-0.39, 0.29) is 17.8 Å². The van der Waals surface area contributed by atoms with Crippen molar-refractivity contribution < 1.29 is 47.7 Å². The van der Waals surface area contributed by atoms with Crippen LogP contribution >= 0.6 is 0 Å². The number of fused-ring (bicyclic) bond motifs is 3. The van der Waals surface area contributed by atoms with E-state index in [1.807, 2.05) is 24.3 Å². The maximum atomic E-state index is 11.2. The van der Waals surface area contributed by atoms with Crippen molar-refractivity contribution in [3.8, 4) is 74.4 Å². The third kappa shape index (κ3) is 5.92. The van der Waals surface area contributed by atoms with Crippen LogP contribution in [0.1, 0.15) is 45.5 Å². The summed E-state index contributed by atoms with van der Waals surface area (Å²) in [4.78, 5) is 4.66. The molecule has 54 heavy (non-hydrogen) atoms. The van der Waals surface area contributed by atoms with Crippen molar-refractivity contribution in [3.05, 3.63) is 63.7 Å². The van der Waals surface area contributed by atoms with Gasteiger partial charge in [-0.3, -0.25) is 9.80 Å². The number of phenols is 1. The third-order valence-electron chi connectivity index (χ3n) is 11.4. The normalized spacial score (nSPS) is 17.4. The third-order valence-corrected chi connectivity index (χ3v) is 11.4. The van der Waals surface area contributed by atoms with Crippen molar-refractivity contribution in [3.63, 3.8) is 0 Å². The first-order valence-electron chi connectivity index (χ1n) is 18.0. The summed E-state index contributed by atoms with van der Waals surface area (Å²) in [6, 6.07) is 9.87. The van der Waals surface area contributed by atoms with E-state index in [0.29, 0.717) is 64.6 Å². The SMILES string of the molecule is COc1cc(OC)c(Oc2cc3c(cc2OC)-c2c(OC)c(OC)c(OC)c4c2[C@H](C3)N(C)CC4)cc1C[C@@H]1c2cc(OC)c(OC)c(O)c2CCN1C. The molecule has 0 amide bonds. The Labute approximate surface area is 316 Å². The van der Waals surface area contributed by atoms with Gasteiger partial charge in [0.05, 0.1) is 56.9 Å². The van der Waals surface area contributed by atoms with Crippen molar-refractivity contribution in [2.45, 2.75) is 37.8 Å². The van der Waals surface area contributed by atoms with Crippen molar-refractivity contribution in [1.82, 2.24) is 9.80 Å². The zero-order valence-corrected chi connectivity index (χ0v) is 32.8. The first kappa shape index (κ1) is 37.1. The lowest BCUT2D eigenvalue weighted by molar-refractivity contribution is 0.222. The van der Waals surface area contributed by atoms with Gasteiger partial charge in [-0.15, -0.1) is 0 Å². The molecule has 0 unspecified atom stereocenters. The molecule has 4 aromatic carbocycles. The second-order valence-corrected chi connectivity index (χ2v) is 13.9. The highest BCUT2D eigenvalue weighted by molar-refractivity contribution is 5.87. The van der Waals surface area contributed by atoms with E-state index in [9.17, 15) is 5.11 Å². The molecule has 0 bridgehead atoms. The minimum Gasteiger partial charge on any atom is -0.504 e. The van der Waals surface area contributed by atoms with Crippen LogP contribution in [0.4, 0.5) is 0 Å². The molecular weight excluding hydrogens is 692 g/mol. The van der Waals surface area contributed by atoms with Crippen molar-refractivity contribution in [1.29, 1.82) is 0 Å². The fourth-order valence-electron chi connectivity index (χ4n) is 8.64. The minimum atomic E-state index is -0.101. The molecule has 2 atom stereocenters. The Hall–Kier alpha value is -5.20. The van der Waals surface area contributed by atoms with Crippen molar-refractivity contribution in [2.75, 3.05) is 84.1 Å². The predicted octanol–water partition coefficient (Wildman–Crippen LogP) is 6.78. The summed E-state index contributed by atoms with van der Waals surface area (Å²) in [5.74, 6) is 5.66. The molecule has 0 spiro atoms. The lowest BCUT2D eigenvalue weighted by Crippen LogP contribution is -2.36. The van der Waals surface area contributed by atoms with Gasteiger partial charge in [-0.25, -0.2) is 0 Å². The lowest BCUT2D eigenvalue weighted by atomic mass is 9.76. The van der Waals surface area contributed by atoms with Gasteiger partial charge in [0.2, 0.25) is 11.5 Å². The van der Waals surface area contributed by atoms with E-state index >= 15 is 0 Å². The van der Waals surface area contributed by atoms with Crippen LogP contribution in [0.25, 0.3) is 11.1 Å². The van der Waals surface area contributed by atoms with Gasteiger partial charge in [-0.05, 0) is 91.9 Å². The van der Waals surface area contributed by atoms with Crippen LogP contribution in [0.3, 0.4) is 0 Å². The molecule has 7 rings (SSSR count). The van der Waals surface area contributed by atoms with Crippen LogP contribution < -0.4 is 42.6 Å².